The SMILES string of the molecule is C=CB(c1cccc(C(F)(F)F)c1)c1ccccc1Cl. The predicted octanol–water partition coefficient (Wildman–Crippen LogP) is 3.69. The first-order chi connectivity index (χ1) is 9.43. The summed E-state index contributed by atoms with van der Waals surface area (Å²) in [6.45, 7) is 3.34. The molecule has 2 rings (SSSR count). The van der Waals surface area contributed by atoms with Crippen molar-refractivity contribution in [3.05, 3.63) is 71.7 Å². The number of halogens is 4. The van der Waals surface area contributed by atoms with Gasteiger partial charge in [-0.1, -0.05) is 65.0 Å². The van der Waals surface area contributed by atoms with E-state index in [-0.39, 0.29) is 6.71 Å². The summed E-state index contributed by atoms with van der Waals surface area (Å²) >= 11 is 6.11. The van der Waals surface area contributed by atoms with Gasteiger partial charge in [0.2, 0.25) is 6.71 Å². The van der Waals surface area contributed by atoms with Crippen molar-refractivity contribution in [3.8, 4) is 0 Å². The first-order valence-electron chi connectivity index (χ1n) is 5.97. The van der Waals surface area contributed by atoms with Gasteiger partial charge in [-0.25, -0.2) is 0 Å². The van der Waals surface area contributed by atoms with Crippen LogP contribution in [0.3, 0.4) is 0 Å². The zero-order chi connectivity index (χ0) is 14.8. The average Bonchev–Trinajstić information content (AvgIpc) is 2.41. The Bertz CT molecular complexity index is 623. The van der Waals surface area contributed by atoms with Crippen LogP contribution >= 0.6 is 11.6 Å². The molecule has 0 aromatic heterocycles. The molecule has 0 radical (unpaired) electrons. The van der Waals surface area contributed by atoms with Crippen LogP contribution in [0.2, 0.25) is 5.02 Å². The largest absolute Gasteiger partial charge is 0.416 e. The molecule has 0 amide bonds. The van der Waals surface area contributed by atoms with Crippen molar-refractivity contribution in [3.63, 3.8) is 0 Å². The maximum absolute atomic E-state index is 12.8. The van der Waals surface area contributed by atoms with E-state index in [1.54, 1.807) is 36.3 Å². The molecular weight excluding hydrogens is 283 g/mol. The second-order valence-electron chi connectivity index (χ2n) is 4.36. The third-order valence-electron chi connectivity index (χ3n) is 3.05. The molecular formula is C15H11BClF3. The highest BCUT2D eigenvalue weighted by molar-refractivity contribution is 6.90. The van der Waals surface area contributed by atoms with E-state index in [0.29, 0.717) is 10.5 Å². The van der Waals surface area contributed by atoms with E-state index in [2.05, 4.69) is 6.58 Å². The summed E-state index contributed by atoms with van der Waals surface area (Å²) in [5.41, 5.74) is 0.584. The zero-order valence-corrected chi connectivity index (χ0v) is 11.2. The lowest BCUT2D eigenvalue weighted by Crippen LogP contribution is -2.41. The number of hydrogen-bond donors (Lipinski definition) is 0. The van der Waals surface area contributed by atoms with Gasteiger partial charge in [-0.05, 0) is 6.07 Å². The van der Waals surface area contributed by atoms with Crippen molar-refractivity contribution >= 4 is 29.2 Å². The van der Waals surface area contributed by atoms with Gasteiger partial charge in [0.25, 0.3) is 0 Å². The minimum absolute atomic E-state index is 0.369. The molecule has 2 aromatic rings. The lowest BCUT2D eigenvalue weighted by atomic mass is 9.41. The number of rotatable bonds is 3. The highest BCUT2D eigenvalue weighted by Gasteiger charge is 2.31. The number of alkyl halides is 3. The summed E-state index contributed by atoms with van der Waals surface area (Å²) in [6.07, 6.45) is -4.36. The topological polar surface area (TPSA) is 0 Å². The van der Waals surface area contributed by atoms with E-state index in [4.69, 9.17) is 11.6 Å². The van der Waals surface area contributed by atoms with Crippen LogP contribution in [0.25, 0.3) is 0 Å². The van der Waals surface area contributed by atoms with E-state index in [1.807, 2.05) is 0 Å². The Morgan fingerprint density at radius 2 is 1.75 bits per heavy atom. The maximum atomic E-state index is 12.8. The number of benzene rings is 2. The zero-order valence-electron chi connectivity index (χ0n) is 10.5. The van der Waals surface area contributed by atoms with Gasteiger partial charge < -0.3 is 0 Å². The van der Waals surface area contributed by atoms with Gasteiger partial charge in [0, 0.05) is 5.02 Å². The molecule has 0 aliphatic heterocycles. The van der Waals surface area contributed by atoms with Crippen LogP contribution in [0.5, 0.6) is 0 Å². The molecule has 0 fully saturated rings. The normalized spacial score (nSPS) is 11.2. The molecule has 20 heavy (non-hydrogen) atoms. The summed E-state index contributed by atoms with van der Waals surface area (Å²) < 4.78 is 38.3. The first-order valence-corrected chi connectivity index (χ1v) is 6.35. The molecule has 0 N–H and O–H groups in total. The van der Waals surface area contributed by atoms with Crippen LogP contribution in [-0.2, 0) is 6.18 Å². The summed E-state index contributed by atoms with van der Waals surface area (Å²) in [5.74, 6) is 1.59. The second kappa shape index (κ2) is 5.75. The van der Waals surface area contributed by atoms with Gasteiger partial charge in [-0.2, -0.15) is 13.2 Å². The van der Waals surface area contributed by atoms with Gasteiger partial charge in [-0.3, -0.25) is 0 Å². The molecule has 0 aliphatic rings. The van der Waals surface area contributed by atoms with Gasteiger partial charge >= 0.3 is 6.18 Å². The van der Waals surface area contributed by atoms with E-state index < -0.39 is 11.7 Å². The van der Waals surface area contributed by atoms with Gasteiger partial charge in [0.05, 0.1) is 5.56 Å². The van der Waals surface area contributed by atoms with E-state index >= 15 is 0 Å². The van der Waals surface area contributed by atoms with Crippen LogP contribution in [0.15, 0.2) is 61.1 Å². The molecule has 0 unspecified atom stereocenters. The quantitative estimate of drug-likeness (QED) is 0.757. The van der Waals surface area contributed by atoms with Crippen molar-refractivity contribution in [1.29, 1.82) is 0 Å². The molecule has 0 spiro atoms. The second-order valence-corrected chi connectivity index (χ2v) is 4.77. The fourth-order valence-corrected chi connectivity index (χ4v) is 2.33. The van der Waals surface area contributed by atoms with Crippen molar-refractivity contribution in [2.24, 2.45) is 0 Å². The fraction of sp³-hybridized carbons (Fsp3) is 0.0667. The summed E-state index contributed by atoms with van der Waals surface area (Å²) in [7, 11) is 0. The molecule has 0 saturated carbocycles. The minimum atomic E-state index is -4.36. The Morgan fingerprint density at radius 3 is 2.35 bits per heavy atom. The van der Waals surface area contributed by atoms with Crippen LogP contribution in [0.4, 0.5) is 13.2 Å². The van der Waals surface area contributed by atoms with E-state index in [0.717, 1.165) is 17.6 Å². The molecule has 0 bridgehead atoms. The van der Waals surface area contributed by atoms with Crippen molar-refractivity contribution in [1.82, 2.24) is 0 Å². The maximum Gasteiger partial charge on any atom is 0.416 e. The Morgan fingerprint density at radius 1 is 1.05 bits per heavy atom. The summed E-state index contributed by atoms with van der Waals surface area (Å²) in [4.78, 5) is 0. The van der Waals surface area contributed by atoms with E-state index in [9.17, 15) is 13.2 Å². The Kier molecular flexibility index (Phi) is 4.24. The van der Waals surface area contributed by atoms with Gasteiger partial charge in [0.1, 0.15) is 0 Å². The molecule has 0 saturated heterocycles. The standard InChI is InChI=1S/C15H11BClF3/c1-2-16(13-8-3-4-9-14(13)17)12-7-5-6-11(10-12)15(18,19)20/h2-10H,1H2. The first kappa shape index (κ1) is 14.7. The monoisotopic (exact) mass is 294 g/mol. The Balaban J connectivity index is 2.48. The average molecular weight is 295 g/mol. The molecule has 2 aromatic carbocycles. The highest BCUT2D eigenvalue weighted by atomic mass is 35.5. The van der Waals surface area contributed by atoms with Gasteiger partial charge in [0.15, 0.2) is 0 Å². The Hall–Kier alpha value is -1.68. The smallest absolute Gasteiger partial charge is 0.166 e. The van der Waals surface area contributed by atoms with Gasteiger partial charge in [-0.15, -0.1) is 12.6 Å². The molecule has 0 heterocycles. The third kappa shape index (κ3) is 3.07. The molecule has 0 atom stereocenters. The van der Waals surface area contributed by atoms with Crippen LogP contribution in [0, 0.1) is 0 Å². The molecule has 0 nitrogen and oxygen atoms in total. The molecule has 0 aliphatic carbocycles. The fourth-order valence-electron chi connectivity index (χ4n) is 2.08. The molecule has 102 valence electrons. The minimum Gasteiger partial charge on any atom is -0.166 e. The van der Waals surface area contributed by atoms with Crippen molar-refractivity contribution in [2.45, 2.75) is 6.18 Å². The van der Waals surface area contributed by atoms with Crippen molar-refractivity contribution in [2.75, 3.05) is 0 Å². The third-order valence-corrected chi connectivity index (χ3v) is 3.39. The Labute approximate surface area is 121 Å². The lowest BCUT2D eigenvalue weighted by Gasteiger charge is -2.14. The number of hydrogen-bond acceptors (Lipinski definition) is 0. The van der Waals surface area contributed by atoms with Crippen LogP contribution < -0.4 is 10.9 Å². The molecule has 5 heteroatoms. The summed E-state index contributed by atoms with van der Waals surface area (Å²) in [6, 6.07) is 12.3. The van der Waals surface area contributed by atoms with Crippen LogP contribution in [-0.4, -0.2) is 6.71 Å². The highest BCUT2D eigenvalue weighted by Crippen LogP contribution is 2.28. The van der Waals surface area contributed by atoms with Crippen LogP contribution in [0.1, 0.15) is 5.56 Å². The van der Waals surface area contributed by atoms with E-state index in [1.165, 1.54) is 6.07 Å². The van der Waals surface area contributed by atoms with Crippen molar-refractivity contribution < 1.29 is 13.2 Å². The summed E-state index contributed by atoms with van der Waals surface area (Å²) in [5, 5.41) is 0.509. The predicted molar refractivity (Wildman–Crippen MR) is 78.1 cm³/mol. The lowest BCUT2D eigenvalue weighted by molar-refractivity contribution is -0.137.